The van der Waals surface area contributed by atoms with Gasteiger partial charge in [-0.15, -0.1) is 0 Å². The molecule has 0 saturated heterocycles. The molecule has 0 radical (unpaired) electrons. The van der Waals surface area contributed by atoms with E-state index in [-0.39, 0.29) is 23.9 Å². The Balaban J connectivity index is 1.76. The van der Waals surface area contributed by atoms with Crippen molar-refractivity contribution >= 4 is 28.1 Å². The molecule has 0 aliphatic carbocycles. The molecule has 0 fully saturated rings. The van der Waals surface area contributed by atoms with Gasteiger partial charge >= 0.3 is 0 Å². The number of aromatic nitrogens is 2. The molecule has 120 valence electrons. The van der Waals surface area contributed by atoms with Crippen LogP contribution in [0.15, 0.2) is 48.2 Å². The van der Waals surface area contributed by atoms with Crippen LogP contribution in [0.5, 0.6) is 5.75 Å². The fourth-order valence-electron chi connectivity index (χ4n) is 2.97. The normalized spacial score (nSPS) is 14.9. The van der Waals surface area contributed by atoms with Crippen LogP contribution in [0.3, 0.4) is 0 Å². The number of anilines is 1. The van der Waals surface area contributed by atoms with E-state index in [1.165, 1.54) is 0 Å². The van der Waals surface area contributed by atoms with Gasteiger partial charge in [-0.2, -0.15) is 0 Å². The van der Waals surface area contributed by atoms with Gasteiger partial charge in [0.1, 0.15) is 23.2 Å². The molecule has 6 heteroatoms. The number of imidazole rings is 1. The Morgan fingerprint density at radius 1 is 1.17 bits per heavy atom. The molecule has 0 amide bonds. The Labute approximate surface area is 138 Å². The number of para-hydroxylation sites is 2. The van der Waals surface area contributed by atoms with Gasteiger partial charge in [-0.1, -0.05) is 18.2 Å². The van der Waals surface area contributed by atoms with Crippen molar-refractivity contribution in [3.05, 3.63) is 59.6 Å². The molecule has 6 nitrogen and oxygen atoms in total. The van der Waals surface area contributed by atoms with E-state index in [2.05, 4.69) is 9.97 Å². The zero-order chi connectivity index (χ0) is 16.8. The molecule has 4 N–H and O–H groups in total. The van der Waals surface area contributed by atoms with Crippen molar-refractivity contribution in [2.45, 2.75) is 6.92 Å². The van der Waals surface area contributed by atoms with E-state index in [4.69, 9.17) is 5.41 Å². The van der Waals surface area contributed by atoms with Crippen LogP contribution in [-0.2, 0) is 0 Å². The van der Waals surface area contributed by atoms with Gasteiger partial charge in [-0.05, 0) is 36.8 Å². The number of aliphatic hydroxyl groups is 1. The van der Waals surface area contributed by atoms with Gasteiger partial charge in [-0.3, -0.25) is 5.41 Å². The summed E-state index contributed by atoms with van der Waals surface area (Å²) in [6, 6.07) is 12.6. The summed E-state index contributed by atoms with van der Waals surface area (Å²) in [7, 11) is 0. The molecular formula is C18H16N4O2. The first-order valence-corrected chi connectivity index (χ1v) is 7.58. The Morgan fingerprint density at radius 2 is 1.96 bits per heavy atom. The number of nitrogens with one attached hydrogen (secondary N) is 2. The minimum atomic E-state index is 0.0547. The van der Waals surface area contributed by atoms with Gasteiger partial charge in [0, 0.05) is 0 Å². The van der Waals surface area contributed by atoms with Crippen molar-refractivity contribution in [2.24, 2.45) is 0 Å². The molecule has 1 aliphatic rings. The number of aromatic amines is 1. The van der Waals surface area contributed by atoms with Crippen LogP contribution in [-0.4, -0.2) is 32.6 Å². The summed E-state index contributed by atoms with van der Waals surface area (Å²) < 4.78 is 0. The molecule has 1 aliphatic heterocycles. The number of H-pyrrole nitrogens is 1. The maximum absolute atomic E-state index is 10.4. The number of aryl methyl sites for hydroxylation is 1. The largest absolute Gasteiger partial charge is 0.509 e. The van der Waals surface area contributed by atoms with Gasteiger partial charge < -0.3 is 20.1 Å². The minimum Gasteiger partial charge on any atom is -0.509 e. The second-order valence-electron chi connectivity index (χ2n) is 5.85. The van der Waals surface area contributed by atoms with Gasteiger partial charge in [0.15, 0.2) is 0 Å². The van der Waals surface area contributed by atoms with Crippen LogP contribution >= 0.6 is 0 Å². The molecule has 0 bridgehead atoms. The monoisotopic (exact) mass is 320 g/mol. The number of aromatic hydroxyl groups is 1. The Morgan fingerprint density at radius 3 is 2.75 bits per heavy atom. The third-order valence-electron chi connectivity index (χ3n) is 4.15. The zero-order valence-corrected chi connectivity index (χ0v) is 13.0. The second kappa shape index (κ2) is 5.13. The van der Waals surface area contributed by atoms with Crippen LogP contribution in [0.4, 0.5) is 5.69 Å². The van der Waals surface area contributed by atoms with E-state index in [9.17, 15) is 10.2 Å². The summed E-state index contributed by atoms with van der Waals surface area (Å²) in [5, 5.41) is 28.8. The lowest BCUT2D eigenvalue weighted by molar-refractivity contribution is 0.410. The lowest BCUT2D eigenvalue weighted by atomic mass is 10.2. The lowest BCUT2D eigenvalue weighted by Gasteiger charge is -2.19. The van der Waals surface area contributed by atoms with Crippen molar-refractivity contribution < 1.29 is 10.2 Å². The maximum Gasteiger partial charge on any atom is 0.145 e. The first-order chi connectivity index (χ1) is 11.5. The van der Waals surface area contributed by atoms with Crippen LogP contribution < -0.4 is 4.90 Å². The number of benzene rings is 2. The molecule has 3 aromatic rings. The number of phenolic OH excluding ortho intramolecular Hbond substituents is 1. The number of aliphatic hydroxyl groups excluding tert-OH is 1. The number of fused-ring (bicyclic) bond motifs is 1. The molecule has 0 saturated carbocycles. The first-order valence-electron chi connectivity index (χ1n) is 7.58. The van der Waals surface area contributed by atoms with Crippen molar-refractivity contribution in [1.82, 2.24) is 9.97 Å². The highest BCUT2D eigenvalue weighted by atomic mass is 16.3. The summed E-state index contributed by atoms with van der Waals surface area (Å²) >= 11 is 0. The molecule has 0 atom stereocenters. The van der Waals surface area contributed by atoms with E-state index in [0.717, 1.165) is 16.6 Å². The van der Waals surface area contributed by atoms with E-state index in [0.29, 0.717) is 17.1 Å². The molecular weight excluding hydrogens is 304 g/mol. The van der Waals surface area contributed by atoms with Crippen molar-refractivity contribution in [1.29, 1.82) is 5.41 Å². The van der Waals surface area contributed by atoms with E-state index >= 15 is 0 Å². The van der Waals surface area contributed by atoms with Gasteiger partial charge in [0.05, 0.1) is 28.8 Å². The van der Waals surface area contributed by atoms with Gasteiger partial charge in [0.25, 0.3) is 0 Å². The van der Waals surface area contributed by atoms with E-state index < -0.39 is 0 Å². The topological polar surface area (TPSA) is 96.2 Å². The van der Waals surface area contributed by atoms with Crippen molar-refractivity contribution in [2.75, 3.05) is 11.4 Å². The first kappa shape index (κ1) is 14.3. The number of amidine groups is 1. The summed E-state index contributed by atoms with van der Waals surface area (Å²) in [6.45, 7) is 2.12. The van der Waals surface area contributed by atoms with Crippen LogP contribution in [0.1, 0.15) is 11.4 Å². The standard InChI is InChI=1S/C18H16N4O2/c1-10-6-7-11-12(8-10)21-18(20-11)16-15(24)9-22(17(16)19)13-4-2-3-5-14(13)23/h2-8,19,23-24H,9H2,1H3,(H,20,21). The van der Waals surface area contributed by atoms with Crippen molar-refractivity contribution in [3.63, 3.8) is 0 Å². The summed E-state index contributed by atoms with van der Waals surface area (Å²) in [4.78, 5) is 9.20. The Kier molecular flexibility index (Phi) is 3.06. The number of hydrogen-bond donors (Lipinski definition) is 4. The fourth-order valence-corrected chi connectivity index (χ4v) is 2.97. The number of rotatable bonds is 2. The van der Waals surface area contributed by atoms with Gasteiger partial charge in [-0.25, -0.2) is 4.98 Å². The van der Waals surface area contributed by atoms with E-state index in [1.54, 1.807) is 29.2 Å². The predicted octanol–water partition coefficient (Wildman–Crippen LogP) is 3.34. The zero-order valence-electron chi connectivity index (χ0n) is 13.0. The van der Waals surface area contributed by atoms with Crippen molar-refractivity contribution in [3.8, 4) is 5.75 Å². The molecule has 4 rings (SSSR count). The maximum atomic E-state index is 10.4. The quantitative estimate of drug-likeness (QED) is 0.582. The second-order valence-corrected chi connectivity index (χ2v) is 5.85. The van der Waals surface area contributed by atoms with E-state index in [1.807, 2.05) is 25.1 Å². The summed E-state index contributed by atoms with van der Waals surface area (Å²) in [5.41, 5.74) is 3.58. The minimum absolute atomic E-state index is 0.0547. The highest BCUT2D eigenvalue weighted by molar-refractivity contribution is 6.30. The average Bonchev–Trinajstić information content (AvgIpc) is 3.07. The molecule has 0 unspecified atom stereocenters. The predicted molar refractivity (Wildman–Crippen MR) is 93.6 cm³/mol. The third kappa shape index (κ3) is 2.11. The summed E-state index contributed by atoms with van der Waals surface area (Å²) in [6.07, 6.45) is 0. The molecule has 2 heterocycles. The average molecular weight is 320 g/mol. The number of nitrogens with zero attached hydrogens (tertiary/aromatic N) is 2. The molecule has 0 spiro atoms. The molecule has 1 aromatic heterocycles. The Bertz CT molecular complexity index is 1000. The molecule has 2 aromatic carbocycles. The number of phenols is 1. The number of hydrogen-bond acceptors (Lipinski definition) is 4. The van der Waals surface area contributed by atoms with Crippen LogP contribution in [0.2, 0.25) is 0 Å². The smallest absolute Gasteiger partial charge is 0.145 e. The summed E-state index contributed by atoms with van der Waals surface area (Å²) in [5.74, 6) is 0.677. The van der Waals surface area contributed by atoms with Crippen LogP contribution in [0.25, 0.3) is 16.6 Å². The SMILES string of the molecule is Cc1ccc2nc(C3=C(O)CN(c4ccccc4O)C3=N)[nH]c2c1. The Hall–Kier alpha value is -3.28. The van der Waals surface area contributed by atoms with Gasteiger partial charge in [0.2, 0.25) is 0 Å². The highest BCUT2D eigenvalue weighted by Gasteiger charge is 2.32. The third-order valence-corrected chi connectivity index (χ3v) is 4.15. The molecule has 24 heavy (non-hydrogen) atoms. The van der Waals surface area contributed by atoms with Crippen LogP contribution in [0, 0.1) is 12.3 Å². The highest BCUT2D eigenvalue weighted by Crippen LogP contribution is 2.35. The lowest BCUT2D eigenvalue weighted by Crippen LogP contribution is -2.26. The fraction of sp³-hybridized carbons (Fsp3) is 0.111.